The summed E-state index contributed by atoms with van der Waals surface area (Å²) < 4.78 is 6.16. The number of amides is 1. The lowest BCUT2D eigenvalue weighted by molar-refractivity contribution is 0.00672. The molecule has 1 fully saturated rings. The van der Waals surface area contributed by atoms with Gasteiger partial charge < -0.3 is 10.1 Å². The largest absolute Gasteiger partial charge is 0.379 e. The van der Waals surface area contributed by atoms with E-state index in [9.17, 15) is 4.79 Å². The average molecular weight is 390 g/mol. The molecule has 0 radical (unpaired) electrons. The number of carbonyl (C=O) groups is 1. The van der Waals surface area contributed by atoms with Crippen molar-refractivity contribution in [2.24, 2.45) is 5.92 Å². The predicted molar refractivity (Wildman–Crippen MR) is 92.5 cm³/mol. The summed E-state index contributed by atoms with van der Waals surface area (Å²) in [5.41, 5.74) is 0.567. The van der Waals surface area contributed by atoms with Crippen molar-refractivity contribution in [1.82, 2.24) is 10.2 Å². The molecule has 1 N–H and O–H groups in total. The van der Waals surface area contributed by atoms with Gasteiger partial charge in [-0.1, -0.05) is 25.4 Å². The summed E-state index contributed by atoms with van der Waals surface area (Å²) in [6.45, 7) is 8.34. The molecule has 0 aromatic heterocycles. The van der Waals surface area contributed by atoms with E-state index in [1.807, 2.05) is 0 Å². The molecular weight excluding hydrogens is 368 g/mol. The number of ether oxygens (including phenoxy) is 1. The second-order valence-corrected chi connectivity index (χ2v) is 7.08. The molecule has 1 aromatic rings. The van der Waals surface area contributed by atoms with Crippen LogP contribution in [0, 0.1) is 5.92 Å². The number of carbonyl (C=O) groups excluding carboxylic acids is 1. The fraction of sp³-hybridized carbons (Fsp3) is 0.562. The Kier molecular flexibility index (Phi) is 6.68. The topological polar surface area (TPSA) is 41.6 Å². The number of nitrogens with one attached hydrogen (secondary N) is 1. The van der Waals surface area contributed by atoms with Crippen LogP contribution in [0.5, 0.6) is 0 Å². The zero-order valence-corrected chi connectivity index (χ0v) is 15.3. The van der Waals surface area contributed by atoms with Crippen LogP contribution in [0.15, 0.2) is 22.7 Å². The van der Waals surface area contributed by atoms with E-state index in [2.05, 4.69) is 40.0 Å². The maximum absolute atomic E-state index is 12.4. The van der Waals surface area contributed by atoms with Crippen LogP contribution < -0.4 is 5.32 Å². The van der Waals surface area contributed by atoms with Gasteiger partial charge in [-0.25, -0.2) is 0 Å². The SMILES string of the molecule is CC(C)C(CNC(=O)c1cc(Cl)ccc1Br)N1CCOCC1. The summed E-state index contributed by atoms with van der Waals surface area (Å²) in [6, 6.07) is 5.54. The van der Waals surface area contributed by atoms with Crippen molar-refractivity contribution >= 4 is 33.4 Å². The third-order valence-corrected chi connectivity index (χ3v) is 4.86. The third kappa shape index (κ3) is 4.69. The Balaban J connectivity index is 1.99. The number of morpholine rings is 1. The zero-order valence-electron chi connectivity index (χ0n) is 12.9. The highest BCUT2D eigenvalue weighted by molar-refractivity contribution is 9.10. The molecule has 1 unspecified atom stereocenters. The Bertz CT molecular complexity index is 519. The number of benzene rings is 1. The van der Waals surface area contributed by atoms with E-state index in [1.165, 1.54) is 0 Å². The van der Waals surface area contributed by atoms with E-state index in [4.69, 9.17) is 16.3 Å². The fourth-order valence-electron chi connectivity index (χ4n) is 2.66. The summed E-state index contributed by atoms with van der Waals surface area (Å²) in [7, 11) is 0. The molecule has 1 amide bonds. The van der Waals surface area contributed by atoms with E-state index < -0.39 is 0 Å². The summed E-state index contributed by atoms with van der Waals surface area (Å²) in [4.78, 5) is 14.8. The van der Waals surface area contributed by atoms with Gasteiger partial charge in [-0.05, 0) is 40.0 Å². The van der Waals surface area contributed by atoms with Crippen LogP contribution in [0.4, 0.5) is 0 Å². The van der Waals surface area contributed by atoms with Gasteiger partial charge in [-0.2, -0.15) is 0 Å². The molecule has 6 heteroatoms. The lowest BCUT2D eigenvalue weighted by Gasteiger charge is -2.36. The molecule has 1 saturated heterocycles. The van der Waals surface area contributed by atoms with Gasteiger partial charge in [0.25, 0.3) is 5.91 Å². The van der Waals surface area contributed by atoms with E-state index in [1.54, 1.807) is 18.2 Å². The average Bonchev–Trinajstić information content (AvgIpc) is 2.50. The number of hydrogen-bond acceptors (Lipinski definition) is 3. The summed E-state index contributed by atoms with van der Waals surface area (Å²) in [5, 5.41) is 3.59. The molecule has 0 spiro atoms. The van der Waals surface area contributed by atoms with Gasteiger partial charge in [0, 0.05) is 35.2 Å². The Hall–Kier alpha value is -0.620. The minimum absolute atomic E-state index is 0.103. The van der Waals surface area contributed by atoms with Crippen LogP contribution in [-0.4, -0.2) is 49.7 Å². The maximum Gasteiger partial charge on any atom is 0.252 e. The summed E-state index contributed by atoms with van der Waals surface area (Å²) in [5.74, 6) is 0.356. The van der Waals surface area contributed by atoms with Crippen molar-refractivity contribution in [1.29, 1.82) is 0 Å². The van der Waals surface area contributed by atoms with Crippen molar-refractivity contribution < 1.29 is 9.53 Å². The second-order valence-electron chi connectivity index (χ2n) is 5.79. The Morgan fingerprint density at radius 2 is 2.09 bits per heavy atom. The van der Waals surface area contributed by atoms with E-state index in [-0.39, 0.29) is 5.91 Å². The quantitative estimate of drug-likeness (QED) is 0.841. The number of hydrogen-bond donors (Lipinski definition) is 1. The standard InChI is InChI=1S/C16H22BrClN2O2/c1-11(2)15(20-5-7-22-8-6-20)10-19-16(21)13-9-12(18)3-4-14(13)17/h3-4,9,11,15H,5-8,10H2,1-2H3,(H,19,21). The monoisotopic (exact) mass is 388 g/mol. The molecular formula is C16H22BrClN2O2. The maximum atomic E-state index is 12.4. The van der Waals surface area contributed by atoms with Crippen LogP contribution in [0.2, 0.25) is 5.02 Å². The first-order chi connectivity index (χ1) is 10.5. The molecule has 1 atom stereocenters. The van der Waals surface area contributed by atoms with Crippen LogP contribution in [0.25, 0.3) is 0 Å². The zero-order chi connectivity index (χ0) is 16.1. The van der Waals surface area contributed by atoms with Gasteiger partial charge in [-0.15, -0.1) is 0 Å². The molecule has 22 heavy (non-hydrogen) atoms. The van der Waals surface area contributed by atoms with Gasteiger partial charge in [0.05, 0.1) is 18.8 Å². The molecule has 0 bridgehead atoms. The molecule has 1 aliphatic rings. The number of halogens is 2. The molecule has 1 heterocycles. The van der Waals surface area contributed by atoms with Crippen molar-refractivity contribution in [3.63, 3.8) is 0 Å². The lowest BCUT2D eigenvalue weighted by atomic mass is 10.0. The van der Waals surface area contributed by atoms with Crippen LogP contribution >= 0.6 is 27.5 Å². The Morgan fingerprint density at radius 1 is 1.41 bits per heavy atom. The molecule has 0 saturated carbocycles. The van der Waals surface area contributed by atoms with E-state index >= 15 is 0 Å². The molecule has 2 rings (SSSR count). The summed E-state index contributed by atoms with van der Waals surface area (Å²) >= 11 is 9.37. The van der Waals surface area contributed by atoms with E-state index in [0.29, 0.717) is 29.1 Å². The van der Waals surface area contributed by atoms with Gasteiger partial charge >= 0.3 is 0 Å². The minimum atomic E-state index is -0.103. The number of rotatable bonds is 5. The van der Waals surface area contributed by atoms with E-state index in [0.717, 1.165) is 30.8 Å². The first-order valence-corrected chi connectivity index (χ1v) is 8.71. The van der Waals surface area contributed by atoms with Gasteiger partial charge in [0.1, 0.15) is 0 Å². The van der Waals surface area contributed by atoms with Crippen LogP contribution in [0.1, 0.15) is 24.2 Å². The molecule has 122 valence electrons. The van der Waals surface area contributed by atoms with Crippen LogP contribution in [0.3, 0.4) is 0 Å². The predicted octanol–water partition coefficient (Wildman–Crippen LogP) is 3.19. The smallest absolute Gasteiger partial charge is 0.252 e. The van der Waals surface area contributed by atoms with Gasteiger partial charge in [0.15, 0.2) is 0 Å². The highest BCUT2D eigenvalue weighted by Crippen LogP contribution is 2.21. The van der Waals surface area contributed by atoms with Crippen LogP contribution in [-0.2, 0) is 4.74 Å². The third-order valence-electron chi connectivity index (χ3n) is 3.93. The minimum Gasteiger partial charge on any atom is -0.379 e. The van der Waals surface area contributed by atoms with Crippen molar-refractivity contribution in [3.05, 3.63) is 33.3 Å². The normalized spacial score (nSPS) is 17.5. The van der Waals surface area contributed by atoms with Gasteiger partial charge in [-0.3, -0.25) is 9.69 Å². The van der Waals surface area contributed by atoms with Crippen molar-refractivity contribution in [3.8, 4) is 0 Å². The first kappa shape index (κ1) is 17.7. The Labute approximate surface area is 145 Å². The van der Waals surface area contributed by atoms with Crippen molar-refractivity contribution in [2.75, 3.05) is 32.8 Å². The lowest BCUT2D eigenvalue weighted by Crippen LogP contribution is -2.51. The number of nitrogens with zero attached hydrogens (tertiary/aromatic N) is 1. The fourth-order valence-corrected chi connectivity index (χ4v) is 3.26. The first-order valence-electron chi connectivity index (χ1n) is 7.54. The second kappa shape index (κ2) is 8.29. The molecule has 1 aromatic carbocycles. The summed E-state index contributed by atoms with van der Waals surface area (Å²) in [6.07, 6.45) is 0. The van der Waals surface area contributed by atoms with Crippen molar-refractivity contribution in [2.45, 2.75) is 19.9 Å². The highest BCUT2D eigenvalue weighted by atomic mass is 79.9. The molecule has 0 aliphatic carbocycles. The molecule has 1 aliphatic heterocycles. The Morgan fingerprint density at radius 3 is 2.73 bits per heavy atom. The molecule has 4 nitrogen and oxygen atoms in total. The van der Waals surface area contributed by atoms with Gasteiger partial charge in [0.2, 0.25) is 0 Å². The highest BCUT2D eigenvalue weighted by Gasteiger charge is 2.24.